The topological polar surface area (TPSA) is 49.4 Å². The molecule has 0 bridgehead atoms. The van der Waals surface area contributed by atoms with Crippen LogP contribution < -0.4 is 10.2 Å². The lowest BCUT2D eigenvalue weighted by atomic mass is 9.87. The fraction of sp³-hybridized carbons (Fsp3) is 0.364. The Morgan fingerprint density at radius 3 is 2.11 bits per heavy atom. The molecule has 0 atom stereocenters. The summed E-state index contributed by atoms with van der Waals surface area (Å²) in [7, 11) is 0. The van der Waals surface area contributed by atoms with Gasteiger partial charge in [0.25, 0.3) is 0 Å². The van der Waals surface area contributed by atoms with Crippen molar-refractivity contribution in [1.82, 2.24) is 5.32 Å². The minimum absolute atomic E-state index is 0.0567. The van der Waals surface area contributed by atoms with E-state index in [0.717, 1.165) is 11.3 Å². The number of halogens is 1. The molecule has 0 radical (unpaired) electrons. The van der Waals surface area contributed by atoms with Gasteiger partial charge in [0.05, 0.1) is 0 Å². The van der Waals surface area contributed by atoms with Crippen molar-refractivity contribution < 1.29 is 9.59 Å². The number of anilines is 1. The summed E-state index contributed by atoms with van der Waals surface area (Å²) in [5.74, 6) is -0.175. The van der Waals surface area contributed by atoms with E-state index in [-0.39, 0.29) is 23.7 Å². The number of nitrogens with one attached hydrogen (secondary N) is 1. The Morgan fingerprint density at radius 1 is 1.00 bits per heavy atom. The van der Waals surface area contributed by atoms with E-state index < -0.39 is 0 Å². The summed E-state index contributed by atoms with van der Waals surface area (Å²) >= 11 is 5.86. The predicted molar refractivity (Wildman–Crippen MR) is 111 cm³/mol. The number of nitrogens with zero attached hydrogens (tertiary/aromatic N) is 1. The monoisotopic (exact) mass is 386 g/mol. The lowest BCUT2D eigenvalue weighted by Gasteiger charge is -2.23. The second-order valence-corrected chi connectivity index (χ2v) is 8.06. The first-order chi connectivity index (χ1) is 12.7. The third-order valence-corrected chi connectivity index (χ3v) is 4.64. The Labute approximate surface area is 166 Å². The zero-order valence-electron chi connectivity index (χ0n) is 16.4. The first-order valence-electron chi connectivity index (χ1n) is 9.06. The zero-order valence-corrected chi connectivity index (χ0v) is 17.1. The van der Waals surface area contributed by atoms with Crippen LogP contribution in [0.3, 0.4) is 0 Å². The average molecular weight is 387 g/mol. The molecule has 1 N–H and O–H groups in total. The van der Waals surface area contributed by atoms with Gasteiger partial charge < -0.3 is 10.2 Å². The molecule has 0 spiro atoms. The molecule has 144 valence electrons. The lowest BCUT2D eigenvalue weighted by molar-refractivity contribution is -0.121. The van der Waals surface area contributed by atoms with E-state index in [9.17, 15) is 9.59 Å². The first kappa shape index (κ1) is 21.0. The molecule has 0 aliphatic rings. The predicted octanol–water partition coefficient (Wildman–Crippen LogP) is 4.70. The minimum atomic E-state index is -0.0949. The number of carbonyl (C=O) groups excluding carboxylic acids is 2. The molecule has 2 aromatic carbocycles. The number of hydrogen-bond acceptors (Lipinski definition) is 2. The minimum Gasteiger partial charge on any atom is -0.352 e. The Bertz CT molecular complexity index is 777. The van der Waals surface area contributed by atoms with Gasteiger partial charge in [0.15, 0.2) is 0 Å². The fourth-order valence-electron chi connectivity index (χ4n) is 2.71. The van der Waals surface area contributed by atoms with Crippen molar-refractivity contribution in [2.24, 2.45) is 0 Å². The second-order valence-electron chi connectivity index (χ2n) is 7.62. The summed E-state index contributed by atoms with van der Waals surface area (Å²) in [6.45, 7) is 8.75. The highest BCUT2D eigenvalue weighted by molar-refractivity contribution is 6.30. The van der Waals surface area contributed by atoms with Crippen LogP contribution in [-0.2, 0) is 21.5 Å². The van der Waals surface area contributed by atoms with Crippen molar-refractivity contribution in [3.8, 4) is 0 Å². The van der Waals surface area contributed by atoms with Gasteiger partial charge in [-0.1, -0.05) is 56.6 Å². The molecule has 2 rings (SSSR count). The maximum absolute atomic E-state index is 12.2. The SMILES string of the molecule is CC(=O)N(CCC(=O)NCc1ccc(Cl)cc1)c1ccc(C(C)(C)C)cc1. The van der Waals surface area contributed by atoms with Crippen LogP contribution in [0.25, 0.3) is 0 Å². The van der Waals surface area contributed by atoms with E-state index in [1.807, 2.05) is 36.4 Å². The van der Waals surface area contributed by atoms with Gasteiger partial charge in [-0.25, -0.2) is 0 Å². The number of hydrogen-bond donors (Lipinski definition) is 1. The molecule has 4 nitrogen and oxygen atoms in total. The molecule has 27 heavy (non-hydrogen) atoms. The van der Waals surface area contributed by atoms with Crippen LogP contribution in [0.1, 0.15) is 45.2 Å². The van der Waals surface area contributed by atoms with Gasteiger partial charge in [-0.3, -0.25) is 9.59 Å². The van der Waals surface area contributed by atoms with Gasteiger partial charge in [-0.2, -0.15) is 0 Å². The molecule has 0 unspecified atom stereocenters. The largest absolute Gasteiger partial charge is 0.352 e. The summed E-state index contributed by atoms with van der Waals surface area (Å²) in [5, 5.41) is 3.54. The van der Waals surface area contributed by atoms with Crippen LogP contribution in [-0.4, -0.2) is 18.4 Å². The Balaban J connectivity index is 1.93. The number of amides is 2. The summed E-state index contributed by atoms with van der Waals surface area (Å²) in [4.78, 5) is 25.8. The van der Waals surface area contributed by atoms with E-state index in [1.54, 1.807) is 17.0 Å². The van der Waals surface area contributed by atoms with Gasteiger partial charge in [0, 0.05) is 37.1 Å². The Morgan fingerprint density at radius 2 is 1.59 bits per heavy atom. The molecule has 2 amide bonds. The summed E-state index contributed by atoms with van der Waals surface area (Å²) < 4.78 is 0. The number of benzene rings is 2. The van der Waals surface area contributed by atoms with Crippen molar-refractivity contribution >= 4 is 29.1 Å². The Kier molecular flexibility index (Phi) is 7.03. The molecule has 0 fully saturated rings. The van der Waals surface area contributed by atoms with Crippen LogP contribution in [0.15, 0.2) is 48.5 Å². The molecule has 2 aromatic rings. The van der Waals surface area contributed by atoms with Crippen LogP contribution in [0.4, 0.5) is 5.69 Å². The molecule has 0 aliphatic heterocycles. The average Bonchev–Trinajstić information content (AvgIpc) is 2.61. The molecule has 5 heteroatoms. The standard InChI is InChI=1S/C22H27ClN2O2/c1-16(26)25(20-11-7-18(8-12-20)22(2,3)4)14-13-21(27)24-15-17-5-9-19(23)10-6-17/h5-12H,13-15H2,1-4H3,(H,24,27). The third kappa shape index (κ3) is 6.40. The highest BCUT2D eigenvalue weighted by atomic mass is 35.5. The lowest BCUT2D eigenvalue weighted by Crippen LogP contribution is -2.33. The first-order valence-corrected chi connectivity index (χ1v) is 9.44. The summed E-state index contributed by atoms with van der Waals surface area (Å²) in [5.41, 5.74) is 3.05. The van der Waals surface area contributed by atoms with Crippen LogP contribution in [0.5, 0.6) is 0 Å². The van der Waals surface area contributed by atoms with E-state index >= 15 is 0 Å². The maximum atomic E-state index is 12.2. The van der Waals surface area contributed by atoms with Crippen LogP contribution >= 0.6 is 11.6 Å². The number of rotatable bonds is 6. The quantitative estimate of drug-likeness (QED) is 0.782. The second kappa shape index (κ2) is 9.05. The van der Waals surface area contributed by atoms with Gasteiger partial charge in [0.1, 0.15) is 0 Å². The molecule has 0 aliphatic carbocycles. The van der Waals surface area contributed by atoms with Crippen molar-refractivity contribution in [2.45, 2.75) is 46.1 Å². The molecular formula is C22H27ClN2O2. The maximum Gasteiger partial charge on any atom is 0.223 e. The van der Waals surface area contributed by atoms with Crippen molar-refractivity contribution in [3.63, 3.8) is 0 Å². The molecule has 0 saturated heterocycles. The van der Waals surface area contributed by atoms with Crippen molar-refractivity contribution in [1.29, 1.82) is 0 Å². The van der Waals surface area contributed by atoms with E-state index in [1.165, 1.54) is 12.5 Å². The fourth-order valence-corrected chi connectivity index (χ4v) is 2.84. The van der Waals surface area contributed by atoms with Crippen LogP contribution in [0, 0.1) is 0 Å². The number of carbonyl (C=O) groups is 2. The highest BCUT2D eigenvalue weighted by Gasteiger charge is 2.16. The molecule has 0 saturated carbocycles. The van der Waals surface area contributed by atoms with Crippen LogP contribution in [0.2, 0.25) is 5.02 Å². The van der Waals surface area contributed by atoms with Crippen molar-refractivity contribution in [3.05, 3.63) is 64.7 Å². The van der Waals surface area contributed by atoms with Gasteiger partial charge in [-0.05, 0) is 40.8 Å². The smallest absolute Gasteiger partial charge is 0.223 e. The normalized spacial score (nSPS) is 11.1. The molecule has 0 heterocycles. The Hall–Kier alpha value is -2.33. The third-order valence-electron chi connectivity index (χ3n) is 4.39. The molecule has 0 aromatic heterocycles. The van der Waals surface area contributed by atoms with Gasteiger partial charge >= 0.3 is 0 Å². The summed E-state index contributed by atoms with van der Waals surface area (Å²) in [6, 6.07) is 15.3. The van der Waals surface area contributed by atoms with E-state index in [0.29, 0.717) is 18.1 Å². The van der Waals surface area contributed by atoms with E-state index in [2.05, 4.69) is 26.1 Å². The van der Waals surface area contributed by atoms with E-state index in [4.69, 9.17) is 11.6 Å². The summed E-state index contributed by atoms with van der Waals surface area (Å²) in [6.07, 6.45) is 0.244. The highest BCUT2D eigenvalue weighted by Crippen LogP contribution is 2.25. The van der Waals surface area contributed by atoms with Gasteiger partial charge in [-0.15, -0.1) is 0 Å². The van der Waals surface area contributed by atoms with Gasteiger partial charge in [0.2, 0.25) is 11.8 Å². The molecular weight excluding hydrogens is 360 g/mol. The zero-order chi connectivity index (χ0) is 20.0. The van der Waals surface area contributed by atoms with Crippen molar-refractivity contribution in [2.75, 3.05) is 11.4 Å².